The first kappa shape index (κ1) is 21.8. The Labute approximate surface area is 208 Å². The van der Waals surface area contributed by atoms with Gasteiger partial charge in [0.05, 0.1) is 42.5 Å². The number of fused-ring (bicyclic) bond motifs is 2. The Kier molecular flexibility index (Phi) is 5.03. The number of aryl methyl sites for hydroxylation is 1. The summed E-state index contributed by atoms with van der Waals surface area (Å²) >= 11 is 0. The van der Waals surface area contributed by atoms with E-state index in [9.17, 15) is 0 Å². The normalized spacial score (nSPS) is 24.7. The summed E-state index contributed by atoms with van der Waals surface area (Å²) in [6.45, 7) is 6.09. The van der Waals surface area contributed by atoms with Gasteiger partial charge in [0.2, 0.25) is 12.2 Å². The van der Waals surface area contributed by atoms with Crippen LogP contribution in [-0.2, 0) is 17.7 Å². The minimum atomic E-state index is 0.0929. The molecule has 0 saturated carbocycles. The summed E-state index contributed by atoms with van der Waals surface area (Å²) in [7, 11) is 0. The van der Waals surface area contributed by atoms with Crippen LogP contribution < -0.4 is 15.5 Å². The number of piperidine rings is 1. The molecule has 186 valence electrons. The van der Waals surface area contributed by atoms with E-state index >= 15 is 0 Å². The number of amidine groups is 1. The number of rotatable bonds is 2. The van der Waals surface area contributed by atoms with Crippen molar-refractivity contribution in [2.45, 2.75) is 51.3 Å². The quantitative estimate of drug-likeness (QED) is 0.572. The molecule has 0 bridgehead atoms. The molecule has 0 unspecified atom stereocenters. The second-order valence-corrected chi connectivity index (χ2v) is 10.2. The fourth-order valence-electron chi connectivity index (χ4n) is 6.03. The van der Waals surface area contributed by atoms with Gasteiger partial charge in [0.25, 0.3) is 0 Å². The van der Waals surface area contributed by atoms with Gasteiger partial charge >= 0.3 is 0 Å². The van der Waals surface area contributed by atoms with Gasteiger partial charge in [0, 0.05) is 31.1 Å². The Morgan fingerprint density at radius 1 is 1.08 bits per heavy atom. The summed E-state index contributed by atoms with van der Waals surface area (Å²) in [5, 5.41) is 3.92. The SMILES string of the molecule is C[C@@H]1OCC2(CCN(c3cnc4c(n3)CN=C4N3CCCc4nc(-c5ncon5)ccc43)CC2)[C@@H]1N. The van der Waals surface area contributed by atoms with Gasteiger partial charge in [-0.2, -0.15) is 4.98 Å². The fraction of sp³-hybridized carbons (Fsp3) is 0.520. The zero-order chi connectivity index (χ0) is 24.3. The molecule has 0 amide bonds. The molecular formula is C25H29N9O2. The predicted octanol–water partition coefficient (Wildman–Crippen LogP) is 1.97. The van der Waals surface area contributed by atoms with Crippen molar-refractivity contribution in [1.29, 1.82) is 0 Å². The highest BCUT2D eigenvalue weighted by atomic mass is 16.5. The number of ether oxygens (including phenoxy) is 1. The lowest BCUT2D eigenvalue weighted by Crippen LogP contribution is -2.50. The number of aliphatic imine (C=N–C) groups is 1. The highest BCUT2D eigenvalue weighted by Gasteiger charge is 2.47. The Hall–Kier alpha value is -3.44. The van der Waals surface area contributed by atoms with Crippen LogP contribution in [0.2, 0.25) is 0 Å². The second-order valence-electron chi connectivity index (χ2n) is 10.2. The van der Waals surface area contributed by atoms with Crippen molar-refractivity contribution < 1.29 is 9.26 Å². The molecule has 1 spiro atoms. The minimum absolute atomic E-state index is 0.0929. The lowest BCUT2D eigenvalue weighted by molar-refractivity contribution is 0.0974. The van der Waals surface area contributed by atoms with E-state index in [-0.39, 0.29) is 17.6 Å². The van der Waals surface area contributed by atoms with Gasteiger partial charge in [-0.3, -0.25) is 4.99 Å². The molecule has 2 fully saturated rings. The number of pyridine rings is 1. The molecule has 4 aliphatic rings. The second kappa shape index (κ2) is 8.31. The summed E-state index contributed by atoms with van der Waals surface area (Å²) in [5.41, 5.74) is 11.2. The molecule has 11 nitrogen and oxygen atoms in total. The Morgan fingerprint density at radius 2 is 1.97 bits per heavy atom. The number of nitrogens with two attached hydrogens (primary N) is 1. The lowest BCUT2D eigenvalue weighted by Gasteiger charge is -2.41. The smallest absolute Gasteiger partial charge is 0.220 e. The number of hydrogen-bond acceptors (Lipinski definition) is 11. The highest BCUT2D eigenvalue weighted by Crippen LogP contribution is 2.42. The molecule has 2 saturated heterocycles. The van der Waals surface area contributed by atoms with Gasteiger partial charge in [-0.05, 0) is 44.7 Å². The van der Waals surface area contributed by atoms with Crippen LogP contribution in [0.5, 0.6) is 0 Å². The van der Waals surface area contributed by atoms with Crippen LogP contribution in [0.3, 0.4) is 0 Å². The maximum atomic E-state index is 6.49. The van der Waals surface area contributed by atoms with Gasteiger partial charge in [0.15, 0.2) is 5.84 Å². The van der Waals surface area contributed by atoms with E-state index < -0.39 is 0 Å². The van der Waals surface area contributed by atoms with Gasteiger partial charge in [-0.1, -0.05) is 5.16 Å². The third-order valence-corrected chi connectivity index (χ3v) is 8.23. The standard InChI is InChI=1S/C25H29N9O2/c1-15-22(26)25(13-35-15)6-9-33(10-7-25)20-12-27-21-18(31-20)11-28-24(21)34-8-2-3-16-19(34)5-4-17(30-16)23-29-14-36-32-23/h4-5,12,14-15,22H,2-3,6-11,13,26H2,1H3/t15-,22+/m0/s1. The predicted molar refractivity (Wildman–Crippen MR) is 133 cm³/mol. The van der Waals surface area contributed by atoms with Crippen molar-refractivity contribution in [3.8, 4) is 11.5 Å². The van der Waals surface area contributed by atoms with Crippen LogP contribution >= 0.6 is 0 Å². The van der Waals surface area contributed by atoms with Gasteiger partial charge in [-0.15, -0.1) is 0 Å². The van der Waals surface area contributed by atoms with E-state index in [4.69, 9.17) is 34.9 Å². The lowest BCUT2D eigenvalue weighted by atomic mass is 9.73. The van der Waals surface area contributed by atoms with Gasteiger partial charge in [-0.25, -0.2) is 15.0 Å². The topological polar surface area (TPSA) is 132 Å². The van der Waals surface area contributed by atoms with E-state index in [0.29, 0.717) is 18.1 Å². The largest absolute Gasteiger partial charge is 0.376 e. The molecule has 0 aromatic carbocycles. The molecule has 3 aromatic rings. The third-order valence-electron chi connectivity index (χ3n) is 8.23. The molecule has 7 heterocycles. The van der Waals surface area contributed by atoms with Crippen molar-refractivity contribution in [3.05, 3.63) is 41.8 Å². The molecule has 3 aromatic heterocycles. The van der Waals surface area contributed by atoms with Crippen LogP contribution in [0.1, 0.15) is 43.3 Å². The minimum Gasteiger partial charge on any atom is -0.376 e. The number of anilines is 2. The van der Waals surface area contributed by atoms with E-state index in [0.717, 1.165) is 86.3 Å². The monoisotopic (exact) mass is 487 g/mol. The average Bonchev–Trinajstić information content (AvgIpc) is 3.66. The summed E-state index contributed by atoms with van der Waals surface area (Å²) in [6, 6.07) is 4.10. The Balaban J connectivity index is 1.10. The van der Waals surface area contributed by atoms with E-state index in [1.165, 1.54) is 6.39 Å². The first-order valence-electron chi connectivity index (χ1n) is 12.7. The fourth-order valence-corrected chi connectivity index (χ4v) is 6.03. The van der Waals surface area contributed by atoms with E-state index in [1.807, 2.05) is 12.3 Å². The van der Waals surface area contributed by atoms with Crippen LogP contribution in [-0.4, -0.2) is 69.3 Å². The van der Waals surface area contributed by atoms with E-state index in [2.05, 4.69) is 32.9 Å². The first-order chi connectivity index (χ1) is 17.6. The zero-order valence-corrected chi connectivity index (χ0v) is 20.3. The van der Waals surface area contributed by atoms with Crippen molar-refractivity contribution in [1.82, 2.24) is 25.1 Å². The van der Waals surface area contributed by atoms with Crippen LogP contribution in [0.15, 0.2) is 34.2 Å². The van der Waals surface area contributed by atoms with Crippen molar-refractivity contribution >= 4 is 17.3 Å². The van der Waals surface area contributed by atoms with Crippen molar-refractivity contribution in [2.24, 2.45) is 16.1 Å². The maximum absolute atomic E-state index is 6.49. The number of nitrogens with zero attached hydrogens (tertiary/aromatic N) is 8. The summed E-state index contributed by atoms with van der Waals surface area (Å²) in [6.07, 6.45) is 7.26. The summed E-state index contributed by atoms with van der Waals surface area (Å²) < 4.78 is 10.8. The molecular weight excluding hydrogens is 458 g/mol. The highest BCUT2D eigenvalue weighted by molar-refractivity contribution is 6.11. The van der Waals surface area contributed by atoms with Crippen LogP contribution in [0.4, 0.5) is 11.5 Å². The Bertz CT molecular complexity index is 1320. The van der Waals surface area contributed by atoms with Crippen LogP contribution in [0.25, 0.3) is 11.5 Å². The molecule has 0 aliphatic carbocycles. The maximum Gasteiger partial charge on any atom is 0.220 e. The molecule has 36 heavy (non-hydrogen) atoms. The van der Waals surface area contributed by atoms with Crippen LogP contribution in [0, 0.1) is 5.41 Å². The molecule has 2 N–H and O–H groups in total. The summed E-state index contributed by atoms with van der Waals surface area (Å²) in [4.78, 5) is 28.2. The van der Waals surface area contributed by atoms with Gasteiger partial charge < -0.3 is 24.8 Å². The number of aromatic nitrogens is 5. The first-order valence-corrected chi connectivity index (χ1v) is 12.7. The Morgan fingerprint density at radius 3 is 2.75 bits per heavy atom. The van der Waals surface area contributed by atoms with Crippen molar-refractivity contribution in [3.63, 3.8) is 0 Å². The van der Waals surface area contributed by atoms with Crippen molar-refractivity contribution in [2.75, 3.05) is 36.0 Å². The molecule has 2 atom stereocenters. The number of hydrogen-bond donors (Lipinski definition) is 1. The molecule has 11 heteroatoms. The molecule has 4 aliphatic heterocycles. The van der Waals surface area contributed by atoms with E-state index in [1.54, 1.807) is 0 Å². The molecule has 7 rings (SSSR count). The zero-order valence-electron chi connectivity index (χ0n) is 20.3. The van der Waals surface area contributed by atoms with Gasteiger partial charge in [0.1, 0.15) is 17.2 Å². The average molecular weight is 488 g/mol. The summed E-state index contributed by atoms with van der Waals surface area (Å²) in [5.74, 6) is 2.29. The third kappa shape index (κ3) is 3.40. The molecule has 0 radical (unpaired) electrons.